The van der Waals surface area contributed by atoms with Gasteiger partial charge in [0.15, 0.2) is 5.78 Å². The molecule has 0 bridgehead atoms. The summed E-state index contributed by atoms with van der Waals surface area (Å²) in [6.07, 6.45) is 4.30. The summed E-state index contributed by atoms with van der Waals surface area (Å²) in [6.45, 7) is 6.15. The van der Waals surface area contributed by atoms with Gasteiger partial charge in [0.25, 0.3) is 0 Å². The molecule has 1 saturated heterocycles. The molecule has 1 aromatic carbocycles. The summed E-state index contributed by atoms with van der Waals surface area (Å²) in [6, 6.07) is 10.9. The number of carbonyl (C=O) groups is 1. The fourth-order valence-electron chi connectivity index (χ4n) is 3.05. The van der Waals surface area contributed by atoms with Gasteiger partial charge in [0.05, 0.1) is 6.04 Å². The summed E-state index contributed by atoms with van der Waals surface area (Å²) >= 11 is 0. The number of hydrogen-bond donors (Lipinski definition) is 0. The molecule has 23 heavy (non-hydrogen) atoms. The van der Waals surface area contributed by atoms with Crippen LogP contribution in [-0.4, -0.2) is 23.6 Å². The third kappa shape index (κ3) is 4.10. The van der Waals surface area contributed by atoms with E-state index in [4.69, 9.17) is 4.99 Å². The predicted molar refractivity (Wildman–Crippen MR) is 96.5 cm³/mol. The summed E-state index contributed by atoms with van der Waals surface area (Å²) in [5, 5.41) is 0. The average Bonchev–Trinajstić information content (AvgIpc) is 2.93. The van der Waals surface area contributed by atoms with Crippen LogP contribution in [-0.2, 0) is 4.79 Å². The van der Waals surface area contributed by atoms with E-state index in [9.17, 15) is 4.79 Å². The monoisotopic (exact) mass is 312 g/mol. The second-order valence-corrected chi connectivity index (χ2v) is 6.26. The summed E-state index contributed by atoms with van der Waals surface area (Å²) in [4.78, 5) is 19.4. The fraction of sp³-hybridized carbons (Fsp3) is 0.500. The van der Waals surface area contributed by atoms with Crippen LogP contribution in [0.25, 0.3) is 0 Å². The quantitative estimate of drug-likeness (QED) is 0.699. The van der Waals surface area contributed by atoms with Crippen LogP contribution in [0.2, 0.25) is 0 Å². The van der Waals surface area contributed by atoms with Gasteiger partial charge in [-0.3, -0.25) is 4.79 Å². The topological polar surface area (TPSA) is 32.7 Å². The summed E-state index contributed by atoms with van der Waals surface area (Å²) in [7, 11) is 2.09. The van der Waals surface area contributed by atoms with E-state index >= 15 is 0 Å². The molecule has 1 heterocycles. The molecule has 1 fully saturated rings. The van der Waals surface area contributed by atoms with E-state index in [0.717, 1.165) is 37.1 Å². The van der Waals surface area contributed by atoms with E-state index in [2.05, 4.69) is 43.1 Å². The number of amidine groups is 1. The van der Waals surface area contributed by atoms with Crippen LogP contribution in [0.15, 0.2) is 46.6 Å². The minimum absolute atomic E-state index is 0.177. The zero-order valence-electron chi connectivity index (χ0n) is 14.8. The number of allylic oxidation sites excluding steroid dienone is 2. The molecular formula is C20H28N2O. The molecule has 1 unspecified atom stereocenters. The Bertz CT molecular complexity index is 601. The van der Waals surface area contributed by atoms with Crippen molar-refractivity contribution in [2.75, 3.05) is 7.05 Å². The molecule has 0 amide bonds. The van der Waals surface area contributed by atoms with E-state index in [-0.39, 0.29) is 5.78 Å². The molecule has 0 spiro atoms. The van der Waals surface area contributed by atoms with Crippen molar-refractivity contribution in [3.8, 4) is 0 Å². The molecule has 0 aliphatic carbocycles. The van der Waals surface area contributed by atoms with Gasteiger partial charge < -0.3 is 4.90 Å². The molecule has 124 valence electrons. The standard InChI is InChI=1S/C20H28N2O/c1-5-10-18(23)20(15(3)6-2)21-19-14-13-17(22(19)4)16-11-8-7-9-12-16/h7-9,11-12,17H,5-6,10,13-14H2,1-4H3. The SMILES string of the molecule is CCCC(=O)C(N=C1CCC(c2ccccc2)N1C)=C(C)CC. The normalized spacial score (nSPS) is 20.8. The molecule has 3 heteroatoms. The van der Waals surface area contributed by atoms with Crippen LogP contribution in [0.3, 0.4) is 0 Å². The Hall–Kier alpha value is -1.90. The molecular weight excluding hydrogens is 284 g/mol. The van der Waals surface area contributed by atoms with E-state index in [1.54, 1.807) is 0 Å². The Morgan fingerprint density at radius 2 is 1.96 bits per heavy atom. The Kier molecular flexibility index (Phi) is 6.14. The second-order valence-electron chi connectivity index (χ2n) is 6.26. The molecule has 0 N–H and O–H groups in total. The number of Topliss-reactive ketones (excluding diaryl/α,β-unsaturated/α-hetero) is 1. The third-order valence-electron chi connectivity index (χ3n) is 4.62. The van der Waals surface area contributed by atoms with Gasteiger partial charge in [-0.15, -0.1) is 0 Å². The van der Waals surface area contributed by atoms with E-state index < -0.39 is 0 Å². The average molecular weight is 312 g/mol. The maximum Gasteiger partial charge on any atom is 0.181 e. The Morgan fingerprint density at radius 3 is 2.57 bits per heavy atom. The van der Waals surface area contributed by atoms with Gasteiger partial charge in [0.2, 0.25) is 0 Å². The third-order valence-corrected chi connectivity index (χ3v) is 4.62. The molecule has 1 aliphatic rings. The van der Waals surface area contributed by atoms with Gasteiger partial charge in [0.1, 0.15) is 11.5 Å². The maximum absolute atomic E-state index is 12.4. The van der Waals surface area contributed by atoms with Crippen LogP contribution in [0.1, 0.15) is 64.5 Å². The van der Waals surface area contributed by atoms with Crippen LogP contribution >= 0.6 is 0 Å². The zero-order valence-corrected chi connectivity index (χ0v) is 14.8. The van der Waals surface area contributed by atoms with Gasteiger partial charge in [-0.05, 0) is 37.3 Å². The van der Waals surface area contributed by atoms with E-state index in [0.29, 0.717) is 18.2 Å². The highest BCUT2D eigenvalue weighted by Gasteiger charge is 2.28. The number of likely N-dealkylation sites (tertiary alicyclic amines) is 1. The largest absolute Gasteiger partial charge is 0.356 e. The van der Waals surface area contributed by atoms with Crippen molar-refractivity contribution in [2.24, 2.45) is 4.99 Å². The van der Waals surface area contributed by atoms with Crippen LogP contribution in [0.4, 0.5) is 0 Å². The first-order valence-electron chi connectivity index (χ1n) is 8.66. The van der Waals surface area contributed by atoms with Gasteiger partial charge in [-0.1, -0.05) is 44.2 Å². The van der Waals surface area contributed by atoms with Crippen molar-refractivity contribution in [2.45, 2.75) is 58.9 Å². The highest BCUT2D eigenvalue weighted by atomic mass is 16.1. The van der Waals surface area contributed by atoms with Crippen molar-refractivity contribution in [1.82, 2.24) is 4.90 Å². The first-order valence-corrected chi connectivity index (χ1v) is 8.66. The van der Waals surface area contributed by atoms with Gasteiger partial charge in [-0.25, -0.2) is 4.99 Å². The number of hydrogen-bond acceptors (Lipinski definition) is 2. The van der Waals surface area contributed by atoms with Crippen LogP contribution in [0.5, 0.6) is 0 Å². The minimum atomic E-state index is 0.177. The smallest absolute Gasteiger partial charge is 0.181 e. The van der Waals surface area contributed by atoms with Crippen LogP contribution in [0, 0.1) is 0 Å². The Morgan fingerprint density at radius 1 is 1.26 bits per heavy atom. The highest BCUT2D eigenvalue weighted by Crippen LogP contribution is 2.32. The maximum atomic E-state index is 12.4. The van der Waals surface area contributed by atoms with Crippen molar-refractivity contribution in [1.29, 1.82) is 0 Å². The number of benzene rings is 1. The predicted octanol–water partition coefficient (Wildman–Crippen LogP) is 4.91. The minimum Gasteiger partial charge on any atom is -0.356 e. The Balaban J connectivity index is 2.26. The fourth-order valence-corrected chi connectivity index (χ4v) is 3.05. The van der Waals surface area contributed by atoms with Crippen molar-refractivity contribution in [3.05, 3.63) is 47.2 Å². The lowest BCUT2D eigenvalue weighted by molar-refractivity contribution is -0.115. The molecule has 3 nitrogen and oxygen atoms in total. The molecule has 2 rings (SSSR count). The van der Waals surface area contributed by atoms with Crippen molar-refractivity contribution < 1.29 is 4.79 Å². The van der Waals surface area contributed by atoms with Gasteiger partial charge in [0, 0.05) is 19.9 Å². The molecule has 0 radical (unpaired) electrons. The van der Waals surface area contributed by atoms with Crippen molar-refractivity contribution in [3.63, 3.8) is 0 Å². The molecule has 0 aromatic heterocycles. The van der Waals surface area contributed by atoms with Gasteiger partial charge >= 0.3 is 0 Å². The highest BCUT2D eigenvalue weighted by molar-refractivity contribution is 5.99. The van der Waals surface area contributed by atoms with Crippen LogP contribution < -0.4 is 0 Å². The Labute approximate surface area is 140 Å². The van der Waals surface area contributed by atoms with E-state index in [1.807, 2.05) is 19.9 Å². The van der Waals surface area contributed by atoms with E-state index in [1.165, 1.54) is 5.56 Å². The number of rotatable bonds is 6. The molecule has 1 aliphatic heterocycles. The summed E-state index contributed by atoms with van der Waals surface area (Å²) < 4.78 is 0. The first-order chi connectivity index (χ1) is 11.1. The van der Waals surface area contributed by atoms with Crippen molar-refractivity contribution >= 4 is 11.6 Å². The van der Waals surface area contributed by atoms with Gasteiger partial charge in [-0.2, -0.15) is 0 Å². The summed E-state index contributed by atoms with van der Waals surface area (Å²) in [5.74, 6) is 1.21. The molecule has 1 aromatic rings. The molecule has 1 atom stereocenters. The first kappa shape index (κ1) is 17.5. The number of carbonyl (C=O) groups excluding carboxylic acids is 1. The summed E-state index contributed by atoms with van der Waals surface area (Å²) in [5.41, 5.74) is 3.09. The lowest BCUT2D eigenvalue weighted by atomic mass is 10.1. The number of nitrogens with zero attached hydrogens (tertiary/aromatic N) is 2. The second kappa shape index (κ2) is 8.09. The lowest BCUT2D eigenvalue weighted by Gasteiger charge is -2.22. The molecule has 0 saturated carbocycles. The number of aliphatic imine (C=N–C) groups is 1. The lowest BCUT2D eigenvalue weighted by Crippen LogP contribution is -2.23. The zero-order chi connectivity index (χ0) is 16.8. The number of ketones is 1.